The lowest BCUT2D eigenvalue weighted by Crippen LogP contribution is -2.20. The molecule has 9 heteroatoms. The minimum Gasteiger partial charge on any atom is -0.493 e. The van der Waals surface area contributed by atoms with Crippen molar-refractivity contribution < 1.29 is 9.53 Å². The second kappa shape index (κ2) is 12.0. The highest BCUT2D eigenvalue weighted by atomic mass is 35.5. The smallest absolute Gasteiger partial charge is 0.250 e. The maximum Gasteiger partial charge on any atom is 0.250 e. The molecule has 0 radical (unpaired) electrons. The topological polar surface area (TPSA) is 81.4 Å². The van der Waals surface area contributed by atoms with Gasteiger partial charge in [-0.1, -0.05) is 54.8 Å². The van der Waals surface area contributed by atoms with E-state index in [2.05, 4.69) is 25.3 Å². The number of para-hydroxylation sites is 1. The molecule has 1 aliphatic rings. The van der Waals surface area contributed by atoms with Crippen LogP contribution in [-0.2, 0) is 4.79 Å². The van der Waals surface area contributed by atoms with Crippen LogP contribution >= 0.6 is 23.4 Å². The third-order valence-corrected chi connectivity index (χ3v) is 6.85. The Hall–Kier alpha value is -2.84. The van der Waals surface area contributed by atoms with E-state index in [1.165, 1.54) is 31.0 Å². The van der Waals surface area contributed by atoms with Gasteiger partial charge in [-0.2, -0.15) is 5.10 Å². The summed E-state index contributed by atoms with van der Waals surface area (Å²) in [5, 5.41) is 14.4. The van der Waals surface area contributed by atoms with Crippen LogP contribution in [0.25, 0.3) is 11.4 Å². The van der Waals surface area contributed by atoms with Crippen molar-refractivity contribution in [1.82, 2.24) is 20.2 Å². The number of carbonyl (C=O) groups is 1. The summed E-state index contributed by atoms with van der Waals surface area (Å²) in [5.41, 5.74) is 4.37. The summed E-state index contributed by atoms with van der Waals surface area (Å²) < 4.78 is 7.78. The number of halogens is 1. The van der Waals surface area contributed by atoms with Crippen LogP contribution in [-0.4, -0.2) is 39.2 Å². The number of benzene rings is 2. The molecular weight excluding hydrogens is 470 g/mol. The van der Waals surface area contributed by atoms with E-state index in [1.54, 1.807) is 6.21 Å². The van der Waals surface area contributed by atoms with Crippen LogP contribution in [0.5, 0.6) is 5.75 Å². The number of nitrogens with zero attached hydrogens (tertiary/aromatic N) is 4. The number of ether oxygens (including phenoxy) is 1. The third-order valence-electron chi connectivity index (χ3n) is 5.65. The fourth-order valence-electron chi connectivity index (χ4n) is 4.05. The molecule has 1 saturated carbocycles. The second-order valence-electron chi connectivity index (χ2n) is 8.03. The molecule has 0 unspecified atom stereocenters. The third kappa shape index (κ3) is 6.18. The van der Waals surface area contributed by atoms with Crippen LogP contribution in [0.3, 0.4) is 0 Å². The Bertz CT molecular complexity index is 1130. The van der Waals surface area contributed by atoms with Crippen LogP contribution in [0.2, 0.25) is 5.02 Å². The molecule has 0 spiro atoms. The number of thioether (sulfide) groups is 1. The summed E-state index contributed by atoms with van der Waals surface area (Å²) in [6, 6.07) is 15.5. The van der Waals surface area contributed by atoms with Crippen molar-refractivity contribution in [1.29, 1.82) is 0 Å². The van der Waals surface area contributed by atoms with Crippen LogP contribution in [0, 0.1) is 0 Å². The first-order valence-electron chi connectivity index (χ1n) is 11.5. The summed E-state index contributed by atoms with van der Waals surface area (Å²) in [6.07, 6.45) is 7.39. The summed E-state index contributed by atoms with van der Waals surface area (Å²) in [4.78, 5) is 12.5. The molecule has 0 aliphatic heterocycles. The van der Waals surface area contributed by atoms with Gasteiger partial charge in [0.15, 0.2) is 11.0 Å². The highest BCUT2D eigenvalue weighted by Crippen LogP contribution is 2.35. The summed E-state index contributed by atoms with van der Waals surface area (Å²) in [5.74, 6) is 1.53. The van der Waals surface area contributed by atoms with Gasteiger partial charge in [-0.15, -0.1) is 10.2 Å². The second-order valence-corrected chi connectivity index (χ2v) is 9.41. The fraction of sp³-hybridized carbons (Fsp3) is 0.360. The SMILES string of the molecule is CCOc1ccccc1C=NNC(=O)CSc1nnc(-c2ccc(Cl)cc2)n1C1CCCCC1. The highest BCUT2D eigenvalue weighted by molar-refractivity contribution is 7.99. The first-order chi connectivity index (χ1) is 16.7. The highest BCUT2D eigenvalue weighted by Gasteiger charge is 2.24. The molecule has 1 amide bonds. The number of amides is 1. The first kappa shape index (κ1) is 24.3. The molecule has 34 heavy (non-hydrogen) atoms. The van der Waals surface area contributed by atoms with Gasteiger partial charge in [-0.3, -0.25) is 9.36 Å². The van der Waals surface area contributed by atoms with Crippen molar-refractivity contribution in [3.05, 3.63) is 59.1 Å². The summed E-state index contributed by atoms with van der Waals surface area (Å²) in [7, 11) is 0. The fourth-order valence-corrected chi connectivity index (χ4v) is 4.97. The van der Waals surface area contributed by atoms with Crippen molar-refractivity contribution >= 4 is 35.5 Å². The molecule has 2 aromatic carbocycles. The van der Waals surface area contributed by atoms with Crippen LogP contribution < -0.4 is 10.2 Å². The Labute approximate surface area is 208 Å². The molecule has 0 bridgehead atoms. The van der Waals surface area contributed by atoms with Gasteiger partial charge >= 0.3 is 0 Å². The molecular formula is C25H28ClN5O2S. The van der Waals surface area contributed by atoms with Crippen LogP contribution in [0.4, 0.5) is 0 Å². The van der Waals surface area contributed by atoms with E-state index in [9.17, 15) is 4.79 Å². The number of carbonyl (C=O) groups excluding carboxylic acids is 1. The molecule has 1 aromatic heterocycles. The van der Waals surface area contributed by atoms with Crippen LogP contribution in [0.15, 0.2) is 58.8 Å². The van der Waals surface area contributed by atoms with E-state index in [1.807, 2.05) is 55.5 Å². The standard InChI is InChI=1S/C25H28ClN5O2S/c1-2-33-22-11-7-6-8-19(22)16-27-28-23(32)17-34-25-30-29-24(18-12-14-20(26)15-13-18)31(25)21-9-4-3-5-10-21/h6-8,11-16,21H,2-5,9-10,17H2,1H3,(H,28,32). The van der Waals surface area contributed by atoms with Gasteiger partial charge in [0.2, 0.25) is 0 Å². The van der Waals surface area contributed by atoms with Gasteiger partial charge in [0.25, 0.3) is 5.91 Å². The Morgan fingerprint density at radius 1 is 1.18 bits per heavy atom. The summed E-state index contributed by atoms with van der Waals surface area (Å²) >= 11 is 7.45. The molecule has 3 aromatic rings. The summed E-state index contributed by atoms with van der Waals surface area (Å²) in [6.45, 7) is 2.49. The molecule has 1 N–H and O–H groups in total. The number of rotatable bonds is 9. The maximum absolute atomic E-state index is 12.5. The van der Waals surface area contributed by atoms with Crippen molar-refractivity contribution in [2.45, 2.75) is 50.2 Å². The number of hydrogen-bond acceptors (Lipinski definition) is 6. The van der Waals surface area contributed by atoms with Crippen molar-refractivity contribution in [2.24, 2.45) is 5.10 Å². The van der Waals surface area contributed by atoms with E-state index in [4.69, 9.17) is 16.3 Å². The Kier molecular flexibility index (Phi) is 8.60. The van der Waals surface area contributed by atoms with E-state index in [0.717, 1.165) is 40.7 Å². The van der Waals surface area contributed by atoms with E-state index in [-0.39, 0.29) is 11.7 Å². The largest absolute Gasteiger partial charge is 0.493 e. The average molecular weight is 498 g/mol. The Balaban J connectivity index is 1.44. The Morgan fingerprint density at radius 3 is 2.71 bits per heavy atom. The lowest BCUT2D eigenvalue weighted by atomic mass is 9.95. The van der Waals surface area contributed by atoms with Crippen molar-refractivity contribution in [3.63, 3.8) is 0 Å². The predicted molar refractivity (Wildman–Crippen MR) is 137 cm³/mol. The normalized spacial score (nSPS) is 14.4. The maximum atomic E-state index is 12.5. The number of hydrogen-bond donors (Lipinski definition) is 1. The minimum absolute atomic E-state index is 0.190. The molecule has 1 heterocycles. The van der Waals surface area contributed by atoms with E-state index < -0.39 is 0 Å². The zero-order valence-corrected chi connectivity index (χ0v) is 20.7. The van der Waals surface area contributed by atoms with Crippen molar-refractivity contribution in [2.75, 3.05) is 12.4 Å². The van der Waals surface area contributed by atoms with Gasteiger partial charge < -0.3 is 4.74 Å². The molecule has 1 aliphatic carbocycles. The van der Waals surface area contributed by atoms with Gasteiger partial charge in [0, 0.05) is 22.2 Å². The van der Waals surface area contributed by atoms with E-state index >= 15 is 0 Å². The lowest BCUT2D eigenvalue weighted by Gasteiger charge is -2.25. The van der Waals surface area contributed by atoms with E-state index in [0.29, 0.717) is 17.7 Å². The van der Waals surface area contributed by atoms with Gasteiger partial charge in [0.1, 0.15) is 5.75 Å². The van der Waals surface area contributed by atoms with Gasteiger partial charge in [-0.05, 0) is 56.2 Å². The quantitative estimate of drug-likeness (QED) is 0.231. The molecule has 0 atom stereocenters. The van der Waals surface area contributed by atoms with Crippen LogP contribution in [0.1, 0.15) is 50.6 Å². The zero-order chi connectivity index (χ0) is 23.8. The molecule has 4 rings (SSSR count). The van der Waals surface area contributed by atoms with Gasteiger partial charge in [-0.25, -0.2) is 5.43 Å². The average Bonchev–Trinajstić information content (AvgIpc) is 3.29. The Morgan fingerprint density at radius 2 is 1.94 bits per heavy atom. The number of nitrogens with one attached hydrogen (secondary N) is 1. The van der Waals surface area contributed by atoms with Gasteiger partial charge in [0.05, 0.1) is 18.6 Å². The number of aromatic nitrogens is 3. The predicted octanol–water partition coefficient (Wildman–Crippen LogP) is 5.74. The lowest BCUT2D eigenvalue weighted by molar-refractivity contribution is -0.118. The molecule has 1 fully saturated rings. The molecule has 178 valence electrons. The van der Waals surface area contributed by atoms with Crippen molar-refractivity contribution in [3.8, 4) is 17.1 Å². The number of hydrazone groups is 1. The molecule has 7 nitrogen and oxygen atoms in total. The molecule has 0 saturated heterocycles. The monoisotopic (exact) mass is 497 g/mol. The zero-order valence-electron chi connectivity index (χ0n) is 19.1. The first-order valence-corrected chi connectivity index (χ1v) is 12.9. The minimum atomic E-state index is -0.207.